The van der Waals surface area contributed by atoms with Crippen LogP contribution in [0.1, 0.15) is 11.1 Å². The number of carbonyl (C=O) groups is 1. The van der Waals surface area contributed by atoms with E-state index in [2.05, 4.69) is 21.2 Å². The van der Waals surface area contributed by atoms with E-state index in [4.69, 9.17) is 4.74 Å². The van der Waals surface area contributed by atoms with E-state index in [-0.39, 0.29) is 16.6 Å². The van der Waals surface area contributed by atoms with Crippen molar-refractivity contribution in [3.63, 3.8) is 0 Å². The number of benzene rings is 2. The Bertz CT molecular complexity index is 1010. The van der Waals surface area contributed by atoms with Gasteiger partial charge in [0.1, 0.15) is 0 Å². The minimum Gasteiger partial charge on any atom is -0.379 e. The van der Waals surface area contributed by atoms with E-state index in [0.717, 1.165) is 20.5 Å². The number of sulfonamides is 1. The number of morpholine rings is 1. The molecule has 0 atom stereocenters. The Morgan fingerprint density at radius 2 is 1.90 bits per heavy atom. The molecule has 1 N–H and O–H groups in total. The van der Waals surface area contributed by atoms with Gasteiger partial charge in [-0.15, -0.1) is 11.8 Å². The zero-order valence-electron chi connectivity index (χ0n) is 16.3. The molecule has 9 heteroatoms. The first kappa shape index (κ1) is 22.3. The van der Waals surface area contributed by atoms with Crippen molar-refractivity contribution in [3.8, 4) is 0 Å². The first-order valence-electron chi connectivity index (χ1n) is 9.15. The summed E-state index contributed by atoms with van der Waals surface area (Å²) < 4.78 is 33.2. The third-order valence-electron chi connectivity index (χ3n) is 4.54. The number of halogens is 1. The maximum atomic E-state index is 12.8. The van der Waals surface area contributed by atoms with Crippen LogP contribution in [0.3, 0.4) is 0 Å². The van der Waals surface area contributed by atoms with Gasteiger partial charge in [-0.05, 0) is 55.3 Å². The van der Waals surface area contributed by atoms with Crippen LogP contribution >= 0.6 is 27.7 Å². The van der Waals surface area contributed by atoms with E-state index >= 15 is 0 Å². The monoisotopic (exact) mass is 498 g/mol. The van der Waals surface area contributed by atoms with Crippen molar-refractivity contribution >= 4 is 49.3 Å². The molecule has 0 saturated carbocycles. The van der Waals surface area contributed by atoms with Crippen molar-refractivity contribution in [3.05, 3.63) is 52.0 Å². The minimum absolute atomic E-state index is 0.171. The van der Waals surface area contributed by atoms with Crippen molar-refractivity contribution in [2.45, 2.75) is 23.6 Å². The third-order valence-corrected chi connectivity index (χ3v) is 8.45. The number of amides is 1. The van der Waals surface area contributed by atoms with Gasteiger partial charge in [-0.3, -0.25) is 4.79 Å². The largest absolute Gasteiger partial charge is 0.379 e. The maximum absolute atomic E-state index is 12.8. The van der Waals surface area contributed by atoms with Crippen LogP contribution in [0.4, 0.5) is 5.69 Å². The smallest absolute Gasteiger partial charge is 0.243 e. The number of hydrogen-bond acceptors (Lipinski definition) is 5. The van der Waals surface area contributed by atoms with Crippen molar-refractivity contribution in [1.82, 2.24) is 4.31 Å². The van der Waals surface area contributed by atoms with Gasteiger partial charge in [-0.25, -0.2) is 8.42 Å². The van der Waals surface area contributed by atoms with Crippen LogP contribution in [0, 0.1) is 13.8 Å². The average Bonchev–Trinajstić information content (AvgIpc) is 2.70. The summed E-state index contributed by atoms with van der Waals surface area (Å²) in [5.41, 5.74) is 2.67. The Morgan fingerprint density at radius 3 is 2.62 bits per heavy atom. The number of ether oxygens (including phenoxy) is 1. The standard InChI is InChI=1S/C20H23BrN2O4S2/c1-14-11-19(15(2)10-18(14)21)28-13-20(24)22-16-4-3-5-17(12-16)29(25,26)23-6-8-27-9-7-23/h3-5,10-12H,6-9,13H2,1-2H3,(H,22,24). The summed E-state index contributed by atoms with van der Waals surface area (Å²) in [6.45, 7) is 5.46. The number of hydrogen-bond donors (Lipinski definition) is 1. The highest BCUT2D eigenvalue weighted by molar-refractivity contribution is 9.10. The molecule has 156 valence electrons. The Kier molecular flexibility index (Phi) is 7.39. The predicted molar refractivity (Wildman–Crippen MR) is 119 cm³/mol. The van der Waals surface area contributed by atoms with Gasteiger partial charge in [-0.1, -0.05) is 22.0 Å². The molecule has 0 aliphatic carbocycles. The lowest BCUT2D eigenvalue weighted by Crippen LogP contribution is -2.40. The second-order valence-electron chi connectivity index (χ2n) is 6.75. The average molecular weight is 499 g/mol. The number of carbonyl (C=O) groups excluding carboxylic acids is 1. The highest BCUT2D eigenvalue weighted by Gasteiger charge is 2.26. The molecule has 1 heterocycles. The zero-order valence-corrected chi connectivity index (χ0v) is 19.5. The van der Waals surface area contributed by atoms with E-state index in [1.54, 1.807) is 18.2 Å². The molecule has 3 rings (SSSR count). The molecule has 0 spiro atoms. The molecule has 0 unspecified atom stereocenters. The lowest BCUT2D eigenvalue weighted by atomic mass is 10.2. The predicted octanol–water partition coefficient (Wildman–Crippen LogP) is 3.82. The zero-order chi connectivity index (χ0) is 21.0. The van der Waals surface area contributed by atoms with E-state index in [0.29, 0.717) is 32.0 Å². The second-order valence-corrected chi connectivity index (χ2v) is 10.6. The van der Waals surface area contributed by atoms with Crippen LogP contribution in [0.5, 0.6) is 0 Å². The molecule has 29 heavy (non-hydrogen) atoms. The Labute approximate surface area is 184 Å². The summed E-state index contributed by atoms with van der Waals surface area (Å²) in [5.74, 6) is 0.0541. The first-order chi connectivity index (χ1) is 13.8. The van der Waals surface area contributed by atoms with Gasteiger partial charge in [0.05, 0.1) is 23.9 Å². The molecule has 1 aliphatic rings. The van der Waals surface area contributed by atoms with Crippen LogP contribution in [0.25, 0.3) is 0 Å². The maximum Gasteiger partial charge on any atom is 0.243 e. The lowest BCUT2D eigenvalue weighted by Gasteiger charge is -2.26. The molecule has 1 saturated heterocycles. The van der Waals surface area contributed by atoms with Crippen molar-refractivity contribution in [2.75, 3.05) is 37.4 Å². The van der Waals surface area contributed by atoms with E-state index < -0.39 is 10.0 Å². The molecular formula is C20H23BrN2O4S2. The van der Waals surface area contributed by atoms with Crippen molar-refractivity contribution < 1.29 is 17.9 Å². The van der Waals surface area contributed by atoms with Crippen LogP contribution in [0.2, 0.25) is 0 Å². The summed E-state index contributed by atoms with van der Waals surface area (Å²) in [5, 5.41) is 2.80. The molecule has 6 nitrogen and oxygen atoms in total. The SMILES string of the molecule is Cc1cc(SCC(=O)Nc2cccc(S(=O)(=O)N3CCOCC3)c2)c(C)cc1Br. The van der Waals surface area contributed by atoms with Crippen LogP contribution < -0.4 is 5.32 Å². The van der Waals surface area contributed by atoms with Crippen molar-refractivity contribution in [2.24, 2.45) is 0 Å². The second kappa shape index (κ2) is 9.61. The molecule has 0 aromatic heterocycles. The number of aryl methyl sites for hydroxylation is 2. The molecule has 1 aliphatic heterocycles. The summed E-state index contributed by atoms with van der Waals surface area (Å²) in [7, 11) is -3.60. The minimum atomic E-state index is -3.60. The number of nitrogens with zero attached hydrogens (tertiary/aromatic N) is 1. The normalized spacial score (nSPS) is 15.3. The van der Waals surface area contributed by atoms with E-state index in [1.807, 2.05) is 26.0 Å². The Balaban J connectivity index is 1.65. The number of thioether (sulfide) groups is 1. The number of nitrogens with one attached hydrogen (secondary N) is 1. The van der Waals surface area contributed by atoms with Gasteiger partial charge < -0.3 is 10.1 Å². The van der Waals surface area contributed by atoms with Gasteiger partial charge >= 0.3 is 0 Å². The highest BCUT2D eigenvalue weighted by atomic mass is 79.9. The topological polar surface area (TPSA) is 75.7 Å². The quantitative estimate of drug-likeness (QED) is 0.612. The fourth-order valence-corrected chi connectivity index (χ4v) is 5.74. The summed E-state index contributed by atoms with van der Waals surface area (Å²) in [4.78, 5) is 13.6. The highest BCUT2D eigenvalue weighted by Crippen LogP contribution is 2.28. The fraction of sp³-hybridized carbons (Fsp3) is 0.350. The van der Waals surface area contributed by atoms with Gasteiger partial charge in [0.2, 0.25) is 15.9 Å². The van der Waals surface area contributed by atoms with Crippen LogP contribution in [-0.4, -0.2) is 50.7 Å². The van der Waals surface area contributed by atoms with Crippen LogP contribution in [0.15, 0.2) is 50.7 Å². The van der Waals surface area contributed by atoms with Crippen molar-refractivity contribution in [1.29, 1.82) is 0 Å². The van der Waals surface area contributed by atoms with Crippen LogP contribution in [-0.2, 0) is 19.6 Å². The molecule has 0 bridgehead atoms. The number of anilines is 1. The Hall–Kier alpha value is -1.39. The summed E-state index contributed by atoms with van der Waals surface area (Å²) >= 11 is 4.96. The molecule has 2 aromatic rings. The molecule has 2 aromatic carbocycles. The Morgan fingerprint density at radius 1 is 1.17 bits per heavy atom. The van der Waals surface area contributed by atoms with Gasteiger partial charge in [0, 0.05) is 28.1 Å². The number of rotatable bonds is 6. The van der Waals surface area contributed by atoms with Gasteiger partial charge in [0.25, 0.3) is 0 Å². The molecular weight excluding hydrogens is 476 g/mol. The third kappa shape index (κ3) is 5.61. The summed E-state index contributed by atoms with van der Waals surface area (Å²) in [6.07, 6.45) is 0. The lowest BCUT2D eigenvalue weighted by molar-refractivity contribution is -0.113. The molecule has 0 radical (unpaired) electrons. The first-order valence-corrected chi connectivity index (χ1v) is 12.4. The van der Waals surface area contributed by atoms with Gasteiger partial charge in [0.15, 0.2) is 0 Å². The van der Waals surface area contributed by atoms with Gasteiger partial charge in [-0.2, -0.15) is 4.31 Å². The molecule has 1 fully saturated rings. The molecule has 1 amide bonds. The fourth-order valence-electron chi connectivity index (χ4n) is 2.92. The van der Waals surface area contributed by atoms with E-state index in [1.165, 1.54) is 22.1 Å². The summed E-state index contributed by atoms with van der Waals surface area (Å²) in [6, 6.07) is 10.5. The van der Waals surface area contributed by atoms with E-state index in [9.17, 15) is 13.2 Å².